The fourth-order valence-electron chi connectivity index (χ4n) is 2.63. The highest BCUT2D eigenvalue weighted by Gasteiger charge is 2.48. The second-order valence-electron chi connectivity index (χ2n) is 6.05. The van der Waals surface area contributed by atoms with Crippen molar-refractivity contribution in [2.24, 2.45) is 5.92 Å². The maximum atomic E-state index is 12.4. The summed E-state index contributed by atoms with van der Waals surface area (Å²) in [5.74, 6) is -1.83. The smallest absolute Gasteiger partial charge is 0.391 e. The van der Waals surface area contributed by atoms with E-state index in [2.05, 4.69) is 20.4 Å². The number of aliphatic hydroxyl groups is 1. The van der Waals surface area contributed by atoms with Crippen molar-refractivity contribution in [3.63, 3.8) is 0 Å². The Morgan fingerprint density at radius 2 is 2.04 bits per heavy atom. The van der Waals surface area contributed by atoms with Crippen LogP contribution in [0.5, 0.6) is 5.88 Å². The van der Waals surface area contributed by atoms with Gasteiger partial charge in [-0.1, -0.05) is 0 Å². The number of pyridine rings is 1. The molecular weight excluding hydrogens is 365 g/mol. The SMILES string of the molecule is C[C@H](O)[C@@H](NC(=O)NC1CC(C(F)(F)F)C1)c1ccnc(OC(F)F)c1. The number of hydrogen-bond acceptors (Lipinski definition) is 4. The van der Waals surface area contributed by atoms with Gasteiger partial charge in [0, 0.05) is 18.3 Å². The van der Waals surface area contributed by atoms with E-state index >= 15 is 0 Å². The summed E-state index contributed by atoms with van der Waals surface area (Å²) < 4.78 is 66.0. The maximum absolute atomic E-state index is 12.4. The van der Waals surface area contributed by atoms with E-state index in [1.165, 1.54) is 19.2 Å². The molecule has 1 aromatic heterocycles. The average molecular weight is 383 g/mol. The number of alkyl halides is 5. The van der Waals surface area contributed by atoms with Gasteiger partial charge in [-0.3, -0.25) is 0 Å². The molecule has 146 valence electrons. The third-order valence-electron chi connectivity index (χ3n) is 4.03. The number of halogens is 5. The van der Waals surface area contributed by atoms with Crippen LogP contribution in [0, 0.1) is 5.92 Å². The van der Waals surface area contributed by atoms with Crippen molar-refractivity contribution in [1.29, 1.82) is 0 Å². The van der Waals surface area contributed by atoms with Gasteiger partial charge in [0.05, 0.1) is 18.1 Å². The van der Waals surface area contributed by atoms with E-state index in [9.17, 15) is 31.9 Å². The van der Waals surface area contributed by atoms with Crippen molar-refractivity contribution >= 4 is 6.03 Å². The van der Waals surface area contributed by atoms with Crippen LogP contribution in [0.1, 0.15) is 31.4 Å². The molecule has 1 fully saturated rings. The van der Waals surface area contributed by atoms with Gasteiger partial charge in [0.2, 0.25) is 5.88 Å². The predicted molar refractivity (Wildman–Crippen MR) is 79.5 cm³/mol. The van der Waals surface area contributed by atoms with Gasteiger partial charge < -0.3 is 20.5 Å². The van der Waals surface area contributed by atoms with Crippen molar-refractivity contribution in [3.05, 3.63) is 23.9 Å². The van der Waals surface area contributed by atoms with Gasteiger partial charge in [-0.25, -0.2) is 9.78 Å². The predicted octanol–water partition coefficient (Wildman–Crippen LogP) is 2.75. The second kappa shape index (κ2) is 8.02. The van der Waals surface area contributed by atoms with E-state index < -0.39 is 48.8 Å². The summed E-state index contributed by atoms with van der Waals surface area (Å²) in [6.07, 6.45) is -4.64. The van der Waals surface area contributed by atoms with Crippen LogP contribution in [0.25, 0.3) is 0 Å². The van der Waals surface area contributed by atoms with Crippen LogP contribution in [0.2, 0.25) is 0 Å². The number of nitrogens with one attached hydrogen (secondary N) is 2. The monoisotopic (exact) mass is 383 g/mol. The normalized spacial score (nSPS) is 22.3. The summed E-state index contributed by atoms with van der Waals surface area (Å²) in [6.45, 7) is -1.72. The standard InChI is InChI=1S/C15H18F5N3O3/c1-7(24)12(8-2-3-21-11(4-8)26-13(16)17)23-14(25)22-10-5-9(6-10)15(18,19)20/h2-4,7,9-10,12-13,24H,5-6H2,1H3,(H2,22,23,25)/t7-,9?,10?,12+/m0/s1. The topological polar surface area (TPSA) is 83.5 Å². The highest BCUT2D eigenvalue weighted by Crippen LogP contribution is 2.40. The fraction of sp³-hybridized carbons (Fsp3) is 0.600. The largest absolute Gasteiger partial charge is 0.417 e. The zero-order valence-electron chi connectivity index (χ0n) is 13.6. The molecule has 1 aliphatic carbocycles. The zero-order valence-corrected chi connectivity index (χ0v) is 13.6. The first-order valence-electron chi connectivity index (χ1n) is 7.79. The molecule has 0 saturated heterocycles. The molecule has 0 bridgehead atoms. The molecule has 0 unspecified atom stereocenters. The molecule has 26 heavy (non-hydrogen) atoms. The number of rotatable bonds is 6. The lowest BCUT2D eigenvalue weighted by Crippen LogP contribution is -2.52. The molecule has 2 rings (SSSR count). The Labute approximate surface area is 145 Å². The summed E-state index contributed by atoms with van der Waals surface area (Å²) in [7, 11) is 0. The zero-order chi connectivity index (χ0) is 19.5. The van der Waals surface area contributed by atoms with Crippen LogP contribution >= 0.6 is 0 Å². The Bertz CT molecular complexity index is 621. The van der Waals surface area contributed by atoms with E-state index in [0.717, 1.165) is 6.07 Å². The van der Waals surface area contributed by atoms with E-state index in [4.69, 9.17) is 0 Å². The second-order valence-corrected chi connectivity index (χ2v) is 6.05. The molecule has 11 heteroatoms. The van der Waals surface area contributed by atoms with Gasteiger partial charge in [-0.2, -0.15) is 22.0 Å². The maximum Gasteiger partial charge on any atom is 0.391 e. The van der Waals surface area contributed by atoms with Gasteiger partial charge in [0.1, 0.15) is 0 Å². The van der Waals surface area contributed by atoms with E-state index in [1.54, 1.807) is 0 Å². The van der Waals surface area contributed by atoms with Crippen LogP contribution in [0.15, 0.2) is 18.3 Å². The van der Waals surface area contributed by atoms with Gasteiger partial charge in [0.25, 0.3) is 0 Å². The summed E-state index contributed by atoms with van der Waals surface area (Å²) >= 11 is 0. The molecule has 0 aromatic carbocycles. The summed E-state index contributed by atoms with van der Waals surface area (Å²) in [5, 5.41) is 14.6. The molecule has 2 amide bonds. The van der Waals surface area contributed by atoms with Gasteiger partial charge >= 0.3 is 18.8 Å². The number of carbonyl (C=O) groups is 1. The van der Waals surface area contributed by atoms with Gasteiger partial charge in [-0.05, 0) is 31.4 Å². The number of amides is 2. The first-order chi connectivity index (χ1) is 12.1. The van der Waals surface area contributed by atoms with E-state index in [-0.39, 0.29) is 18.4 Å². The molecule has 1 aliphatic rings. The van der Waals surface area contributed by atoms with E-state index in [1.807, 2.05) is 0 Å². The van der Waals surface area contributed by atoms with Crippen molar-refractivity contribution in [2.45, 2.75) is 50.7 Å². The van der Waals surface area contributed by atoms with Crippen molar-refractivity contribution in [2.75, 3.05) is 0 Å². The molecule has 6 nitrogen and oxygen atoms in total. The molecule has 0 radical (unpaired) electrons. The Hall–Kier alpha value is -2.17. The number of urea groups is 1. The third-order valence-corrected chi connectivity index (χ3v) is 4.03. The number of ether oxygens (including phenoxy) is 1. The third kappa shape index (κ3) is 5.41. The minimum atomic E-state index is -4.28. The molecule has 0 spiro atoms. The molecule has 1 heterocycles. The highest BCUT2D eigenvalue weighted by atomic mass is 19.4. The van der Waals surface area contributed by atoms with E-state index in [0.29, 0.717) is 0 Å². The minimum absolute atomic E-state index is 0.210. The van der Waals surface area contributed by atoms with Gasteiger partial charge in [0.15, 0.2) is 0 Å². The quantitative estimate of drug-likeness (QED) is 0.660. The van der Waals surface area contributed by atoms with Crippen LogP contribution in [0.4, 0.5) is 26.7 Å². The Balaban J connectivity index is 1.95. The first kappa shape index (κ1) is 20.1. The first-order valence-corrected chi connectivity index (χ1v) is 7.79. The molecular formula is C15H18F5N3O3. The number of aliphatic hydroxyl groups excluding tert-OH is 1. The van der Waals surface area contributed by atoms with Gasteiger partial charge in [-0.15, -0.1) is 0 Å². The summed E-state index contributed by atoms with van der Waals surface area (Å²) in [6, 6.07) is 0.143. The summed E-state index contributed by atoms with van der Waals surface area (Å²) in [5.41, 5.74) is 0.252. The van der Waals surface area contributed by atoms with Crippen LogP contribution in [0.3, 0.4) is 0 Å². The Kier molecular flexibility index (Phi) is 6.21. The van der Waals surface area contributed by atoms with Crippen LogP contribution in [-0.2, 0) is 0 Å². The lowest BCUT2D eigenvalue weighted by molar-refractivity contribution is -0.198. The highest BCUT2D eigenvalue weighted by molar-refractivity contribution is 5.75. The van der Waals surface area contributed by atoms with Crippen molar-refractivity contribution in [3.8, 4) is 5.88 Å². The molecule has 0 aliphatic heterocycles. The molecule has 1 aromatic rings. The molecule has 1 saturated carbocycles. The average Bonchev–Trinajstić information content (AvgIpc) is 2.46. The number of hydrogen-bond donors (Lipinski definition) is 3. The Morgan fingerprint density at radius 3 is 2.58 bits per heavy atom. The molecule has 3 N–H and O–H groups in total. The fourth-order valence-corrected chi connectivity index (χ4v) is 2.63. The van der Waals surface area contributed by atoms with Crippen molar-refractivity contribution in [1.82, 2.24) is 15.6 Å². The van der Waals surface area contributed by atoms with Crippen molar-refractivity contribution < 1.29 is 36.6 Å². The Morgan fingerprint density at radius 1 is 1.38 bits per heavy atom. The number of nitrogens with zero attached hydrogens (tertiary/aromatic N) is 1. The lowest BCUT2D eigenvalue weighted by Gasteiger charge is -2.37. The van der Waals surface area contributed by atoms with Crippen LogP contribution < -0.4 is 15.4 Å². The number of aromatic nitrogens is 1. The summed E-state index contributed by atoms with van der Waals surface area (Å²) in [4.78, 5) is 15.6. The minimum Gasteiger partial charge on any atom is -0.417 e. The molecule has 2 atom stereocenters. The van der Waals surface area contributed by atoms with Crippen LogP contribution in [-0.4, -0.2) is 41.1 Å². The number of carbonyl (C=O) groups excluding carboxylic acids is 1. The lowest BCUT2D eigenvalue weighted by atomic mass is 9.80.